The average molecular weight is 415 g/mol. The van der Waals surface area contributed by atoms with Gasteiger partial charge >= 0.3 is 0 Å². The van der Waals surface area contributed by atoms with E-state index in [4.69, 9.17) is 9.47 Å². The van der Waals surface area contributed by atoms with Crippen LogP contribution in [0.4, 0.5) is 5.69 Å². The minimum Gasteiger partial charge on any atom is -0.497 e. The van der Waals surface area contributed by atoms with Crippen molar-refractivity contribution < 1.29 is 14.3 Å². The second-order valence-electron chi connectivity index (χ2n) is 8.02. The van der Waals surface area contributed by atoms with Crippen LogP contribution < -0.4 is 14.4 Å². The van der Waals surface area contributed by atoms with E-state index in [1.807, 2.05) is 71.8 Å². The summed E-state index contributed by atoms with van der Waals surface area (Å²) < 4.78 is 11.6. The summed E-state index contributed by atoms with van der Waals surface area (Å²) in [7, 11) is 1.65. The van der Waals surface area contributed by atoms with Crippen molar-refractivity contribution in [2.24, 2.45) is 0 Å². The third-order valence-electron chi connectivity index (χ3n) is 5.97. The highest BCUT2D eigenvalue weighted by molar-refractivity contribution is 5.99. The minimum atomic E-state index is -0.225. The molecule has 3 aromatic rings. The zero-order valence-electron chi connectivity index (χ0n) is 17.5. The summed E-state index contributed by atoms with van der Waals surface area (Å²) in [5.41, 5.74) is 2.96. The second kappa shape index (κ2) is 8.40. The van der Waals surface area contributed by atoms with Gasteiger partial charge in [0.2, 0.25) is 5.91 Å². The van der Waals surface area contributed by atoms with Gasteiger partial charge in [0, 0.05) is 31.9 Å². The Morgan fingerprint density at radius 3 is 2.65 bits per heavy atom. The van der Waals surface area contributed by atoms with Crippen molar-refractivity contribution in [1.82, 2.24) is 9.88 Å². The first-order valence-electron chi connectivity index (χ1n) is 10.5. The molecule has 5 rings (SSSR count). The Hall–Kier alpha value is -3.38. The first-order chi connectivity index (χ1) is 15.2. The van der Waals surface area contributed by atoms with Gasteiger partial charge in [0.15, 0.2) is 0 Å². The molecule has 0 saturated carbocycles. The van der Waals surface area contributed by atoms with Gasteiger partial charge in [0.25, 0.3) is 0 Å². The minimum absolute atomic E-state index is 0.00471. The quantitative estimate of drug-likeness (QED) is 0.637. The Kier molecular flexibility index (Phi) is 5.30. The molecule has 2 bridgehead atoms. The van der Waals surface area contributed by atoms with Gasteiger partial charge < -0.3 is 14.4 Å². The smallest absolute Gasteiger partial charge is 0.244 e. The lowest BCUT2D eigenvalue weighted by Crippen LogP contribution is -2.45. The van der Waals surface area contributed by atoms with E-state index in [1.54, 1.807) is 13.3 Å². The number of rotatable bonds is 5. The maximum absolute atomic E-state index is 13.8. The molecule has 1 amide bonds. The van der Waals surface area contributed by atoms with E-state index in [1.165, 1.54) is 0 Å². The summed E-state index contributed by atoms with van der Waals surface area (Å²) in [6.45, 7) is 1.87. The Bertz CT molecular complexity index is 1060. The van der Waals surface area contributed by atoms with Crippen molar-refractivity contribution in [3.05, 3.63) is 84.2 Å². The van der Waals surface area contributed by atoms with Crippen LogP contribution in [-0.4, -0.2) is 41.6 Å². The molecule has 3 heterocycles. The number of anilines is 1. The van der Waals surface area contributed by atoms with Gasteiger partial charge in [-0.2, -0.15) is 0 Å². The normalized spacial score (nSPS) is 20.5. The molecule has 158 valence electrons. The fourth-order valence-electron chi connectivity index (χ4n) is 4.44. The van der Waals surface area contributed by atoms with Crippen molar-refractivity contribution in [3.63, 3.8) is 0 Å². The van der Waals surface area contributed by atoms with Gasteiger partial charge in [-0.05, 0) is 41.5 Å². The van der Waals surface area contributed by atoms with Crippen LogP contribution in [0.3, 0.4) is 0 Å². The lowest BCUT2D eigenvalue weighted by Gasteiger charge is -2.32. The monoisotopic (exact) mass is 415 g/mol. The molecule has 1 aromatic heterocycles. The molecular formula is C25H25N3O3. The Morgan fingerprint density at radius 2 is 1.87 bits per heavy atom. The summed E-state index contributed by atoms with van der Waals surface area (Å²) in [6, 6.07) is 19.4. The van der Waals surface area contributed by atoms with Crippen LogP contribution in [0, 0.1) is 0 Å². The maximum Gasteiger partial charge on any atom is 0.244 e. The maximum atomic E-state index is 13.8. The first kappa shape index (κ1) is 19.6. The van der Waals surface area contributed by atoms with Crippen LogP contribution in [0.15, 0.2) is 73.1 Å². The summed E-state index contributed by atoms with van der Waals surface area (Å²) in [5.74, 6) is 1.67. The number of benzene rings is 2. The molecule has 0 N–H and O–H groups in total. The molecule has 31 heavy (non-hydrogen) atoms. The summed E-state index contributed by atoms with van der Waals surface area (Å²) in [4.78, 5) is 22.1. The molecule has 6 heteroatoms. The first-order valence-corrected chi connectivity index (χ1v) is 10.5. The predicted octanol–water partition coefficient (Wildman–Crippen LogP) is 3.66. The number of carbonyl (C=O) groups excluding carboxylic acids is 1. The third-order valence-corrected chi connectivity index (χ3v) is 5.97. The highest BCUT2D eigenvalue weighted by Crippen LogP contribution is 2.37. The van der Waals surface area contributed by atoms with Crippen molar-refractivity contribution in [2.75, 3.05) is 18.6 Å². The number of likely N-dealkylation sites (tertiary alicyclic amines) is 1. The number of ether oxygens (including phenoxy) is 2. The average Bonchev–Trinajstić information content (AvgIpc) is 3.21. The topological polar surface area (TPSA) is 54.9 Å². The molecule has 0 spiro atoms. The molecule has 2 atom stereocenters. The van der Waals surface area contributed by atoms with Gasteiger partial charge in [-0.1, -0.05) is 30.3 Å². The zero-order valence-corrected chi connectivity index (χ0v) is 17.5. The summed E-state index contributed by atoms with van der Waals surface area (Å²) in [6.07, 6.45) is 4.31. The molecule has 1 saturated heterocycles. The number of methoxy groups -OCH3 is 1. The van der Waals surface area contributed by atoms with Gasteiger partial charge in [0.05, 0.1) is 25.4 Å². The lowest BCUT2D eigenvalue weighted by molar-refractivity contribution is -0.123. The lowest BCUT2D eigenvalue weighted by atomic mass is 10.1. The van der Waals surface area contributed by atoms with Crippen LogP contribution in [0.2, 0.25) is 0 Å². The van der Waals surface area contributed by atoms with Gasteiger partial charge in [-0.15, -0.1) is 0 Å². The molecule has 2 aliphatic rings. The highest BCUT2D eigenvalue weighted by Gasteiger charge is 2.42. The number of para-hydroxylation sites is 2. The SMILES string of the molecule is COc1ccc(CN2C(=O)[C@@H]3C[C@@H](CN3Cc3cccnc3)Oc3ccccc32)cc1. The number of fused-ring (bicyclic) bond motifs is 3. The number of aromatic nitrogens is 1. The third kappa shape index (κ3) is 3.99. The standard InChI is InChI=1S/C25H25N3O3/c1-30-20-10-8-18(9-11-20)16-28-22-6-2-3-7-24(22)31-21-13-23(25(28)29)27(17-21)15-19-5-4-12-26-14-19/h2-12,14,21,23H,13,15-17H2,1H3/t21-,23-/m0/s1. The molecule has 6 nitrogen and oxygen atoms in total. The van der Waals surface area contributed by atoms with Crippen molar-refractivity contribution in [1.29, 1.82) is 0 Å². The van der Waals surface area contributed by atoms with E-state index in [0.717, 1.165) is 34.9 Å². The van der Waals surface area contributed by atoms with E-state index in [0.29, 0.717) is 19.5 Å². The fourth-order valence-corrected chi connectivity index (χ4v) is 4.44. The van der Waals surface area contributed by atoms with Gasteiger partial charge in [0.1, 0.15) is 17.6 Å². The Balaban J connectivity index is 1.47. The summed E-state index contributed by atoms with van der Waals surface area (Å²) >= 11 is 0. The van der Waals surface area contributed by atoms with E-state index >= 15 is 0 Å². The second-order valence-corrected chi connectivity index (χ2v) is 8.02. The van der Waals surface area contributed by atoms with Crippen LogP contribution >= 0.6 is 0 Å². The van der Waals surface area contributed by atoms with Crippen LogP contribution in [-0.2, 0) is 17.9 Å². The largest absolute Gasteiger partial charge is 0.497 e. The fraction of sp³-hybridized carbons (Fsp3) is 0.280. The number of amides is 1. The molecular weight excluding hydrogens is 390 g/mol. The molecule has 1 fully saturated rings. The van der Waals surface area contributed by atoms with E-state index < -0.39 is 0 Å². The molecule has 2 aliphatic heterocycles. The Labute approximate surface area is 182 Å². The van der Waals surface area contributed by atoms with Gasteiger partial charge in [-0.25, -0.2) is 0 Å². The number of hydrogen-bond acceptors (Lipinski definition) is 5. The Morgan fingerprint density at radius 1 is 1.03 bits per heavy atom. The van der Waals surface area contributed by atoms with Crippen molar-refractivity contribution in [3.8, 4) is 11.5 Å². The molecule has 2 aromatic carbocycles. The van der Waals surface area contributed by atoms with Gasteiger partial charge in [-0.3, -0.25) is 14.7 Å². The predicted molar refractivity (Wildman–Crippen MR) is 118 cm³/mol. The van der Waals surface area contributed by atoms with Crippen LogP contribution in [0.25, 0.3) is 0 Å². The van der Waals surface area contributed by atoms with Crippen molar-refractivity contribution in [2.45, 2.75) is 31.7 Å². The zero-order chi connectivity index (χ0) is 21.2. The van der Waals surface area contributed by atoms with Crippen LogP contribution in [0.5, 0.6) is 11.5 Å². The highest BCUT2D eigenvalue weighted by atomic mass is 16.5. The number of carbonyl (C=O) groups is 1. The van der Waals surface area contributed by atoms with Crippen LogP contribution in [0.1, 0.15) is 17.5 Å². The van der Waals surface area contributed by atoms with E-state index in [-0.39, 0.29) is 18.1 Å². The summed E-state index contributed by atoms with van der Waals surface area (Å²) in [5, 5.41) is 0. The molecule has 0 aliphatic carbocycles. The van der Waals surface area contributed by atoms with E-state index in [2.05, 4.69) is 9.88 Å². The number of pyridine rings is 1. The molecule has 0 unspecified atom stereocenters. The van der Waals surface area contributed by atoms with E-state index in [9.17, 15) is 4.79 Å². The van der Waals surface area contributed by atoms with Crippen molar-refractivity contribution >= 4 is 11.6 Å². The molecule has 0 radical (unpaired) electrons. The number of nitrogens with zero attached hydrogens (tertiary/aromatic N) is 3. The number of hydrogen-bond donors (Lipinski definition) is 0.